The summed E-state index contributed by atoms with van der Waals surface area (Å²) in [5.74, 6) is 0.395. The van der Waals surface area contributed by atoms with Crippen LogP contribution in [0, 0.1) is 12.8 Å². The lowest BCUT2D eigenvalue weighted by atomic mass is 9.96. The van der Waals surface area contributed by atoms with E-state index in [4.69, 9.17) is 4.52 Å². The van der Waals surface area contributed by atoms with Crippen LogP contribution in [0.1, 0.15) is 48.5 Å². The molecule has 1 atom stereocenters. The first-order valence-corrected chi connectivity index (χ1v) is 7.94. The third-order valence-electron chi connectivity index (χ3n) is 3.94. The first-order chi connectivity index (χ1) is 11.0. The molecule has 0 spiro atoms. The first-order valence-electron chi connectivity index (χ1n) is 7.94. The SMILES string of the molecule is CCC(CC)C(O)CNC(=O)c1cc(Cn2cc(C)cn2)on1. The Kier molecular flexibility index (Phi) is 5.92. The molecule has 2 aromatic heterocycles. The standard InChI is InChI=1S/C16H24N4O3/c1-4-12(5-2)15(21)8-17-16(22)14-6-13(23-19-14)10-20-9-11(3)7-18-20/h6-7,9,12,15,21H,4-5,8,10H2,1-3H3,(H,17,22). The van der Waals surface area contributed by atoms with E-state index in [0.29, 0.717) is 12.3 Å². The lowest BCUT2D eigenvalue weighted by Crippen LogP contribution is -2.36. The molecule has 1 unspecified atom stereocenters. The molecule has 0 bridgehead atoms. The molecule has 0 fully saturated rings. The predicted molar refractivity (Wildman–Crippen MR) is 85.0 cm³/mol. The summed E-state index contributed by atoms with van der Waals surface area (Å²) in [5.41, 5.74) is 1.26. The number of nitrogens with zero attached hydrogens (tertiary/aromatic N) is 3. The van der Waals surface area contributed by atoms with E-state index < -0.39 is 6.10 Å². The summed E-state index contributed by atoms with van der Waals surface area (Å²) in [5, 5.41) is 20.7. The molecule has 0 saturated heterocycles. The van der Waals surface area contributed by atoms with Gasteiger partial charge < -0.3 is 14.9 Å². The highest BCUT2D eigenvalue weighted by Crippen LogP contribution is 2.12. The van der Waals surface area contributed by atoms with E-state index in [1.54, 1.807) is 16.9 Å². The highest BCUT2D eigenvalue weighted by Gasteiger charge is 2.18. The topological polar surface area (TPSA) is 93.2 Å². The van der Waals surface area contributed by atoms with Gasteiger partial charge in [0.25, 0.3) is 5.91 Å². The summed E-state index contributed by atoms with van der Waals surface area (Å²) >= 11 is 0. The van der Waals surface area contributed by atoms with Crippen molar-refractivity contribution in [1.82, 2.24) is 20.3 Å². The molecule has 0 aromatic carbocycles. The second-order valence-corrected chi connectivity index (χ2v) is 5.75. The van der Waals surface area contributed by atoms with Crippen molar-refractivity contribution < 1.29 is 14.4 Å². The number of rotatable bonds is 8. The summed E-state index contributed by atoms with van der Waals surface area (Å²) in [7, 11) is 0. The molecule has 126 valence electrons. The fourth-order valence-corrected chi connectivity index (χ4v) is 2.49. The van der Waals surface area contributed by atoms with E-state index in [1.807, 2.05) is 27.0 Å². The molecule has 2 aromatic rings. The lowest BCUT2D eigenvalue weighted by molar-refractivity contribution is 0.0810. The summed E-state index contributed by atoms with van der Waals surface area (Å²) in [6.45, 7) is 6.64. The Bertz CT molecular complexity index is 631. The van der Waals surface area contributed by atoms with E-state index in [9.17, 15) is 9.90 Å². The van der Waals surface area contributed by atoms with Gasteiger partial charge in [0, 0.05) is 18.8 Å². The zero-order chi connectivity index (χ0) is 16.8. The fourth-order valence-electron chi connectivity index (χ4n) is 2.49. The monoisotopic (exact) mass is 320 g/mol. The number of amides is 1. The van der Waals surface area contributed by atoms with Crippen molar-refractivity contribution in [3.05, 3.63) is 35.5 Å². The zero-order valence-corrected chi connectivity index (χ0v) is 13.8. The van der Waals surface area contributed by atoms with Crippen LogP contribution in [0.15, 0.2) is 23.0 Å². The molecule has 0 saturated carbocycles. The predicted octanol–water partition coefficient (Wildman–Crippen LogP) is 1.75. The van der Waals surface area contributed by atoms with Gasteiger partial charge in [-0.3, -0.25) is 9.48 Å². The second kappa shape index (κ2) is 7.92. The van der Waals surface area contributed by atoms with Crippen molar-refractivity contribution in [1.29, 1.82) is 0 Å². The van der Waals surface area contributed by atoms with Crippen molar-refractivity contribution in [3.8, 4) is 0 Å². The normalized spacial score (nSPS) is 12.6. The van der Waals surface area contributed by atoms with Crippen LogP contribution < -0.4 is 5.32 Å². The third-order valence-corrected chi connectivity index (χ3v) is 3.94. The molecule has 0 aliphatic carbocycles. The number of aliphatic hydroxyl groups is 1. The average Bonchev–Trinajstić information content (AvgIpc) is 3.16. The molecule has 2 rings (SSSR count). The number of aryl methyl sites for hydroxylation is 1. The summed E-state index contributed by atoms with van der Waals surface area (Å²) in [4.78, 5) is 12.1. The average molecular weight is 320 g/mol. The minimum atomic E-state index is -0.549. The maximum absolute atomic E-state index is 12.1. The van der Waals surface area contributed by atoms with Crippen molar-refractivity contribution in [2.75, 3.05) is 6.54 Å². The van der Waals surface area contributed by atoms with Gasteiger partial charge in [0.2, 0.25) is 0 Å². The van der Waals surface area contributed by atoms with Crippen LogP contribution in [0.3, 0.4) is 0 Å². The van der Waals surface area contributed by atoms with Gasteiger partial charge in [-0.1, -0.05) is 31.8 Å². The van der Waals surface area contributed by atoms with Gasteiger partial charge in [-0.05, 0) is 18.4 Å². The Hall–Kier alpha value is -2.15. The summed E-state index contributed by atoms with van der Waals surface area (Å²) in [6.07, 6.45) is 4.85. The van der Waals surface area contributed by atoms with Crippen LogP contribution in [-0.2, 0) is 6.54 Å². The Labute approximate surface area is 135 Å². The van der Waals surface area contributed by atoms with Gasteiger partial charge in [-0.25, -0.2) is 0 Å². The van der Waals surface area contributed by atoms with Crippen LogP contribution in [-0.4, -0.2) is 38.6 Å². The van der Waals surface area contributed by atoms with Crippen molar-refractivity contribution >= 4 is 5.91 Å². The lowest BCUT2D eigenvalue weighted by Gasteiger charge is -2.19. The van der Waals surface area contributed by atoms with E-state index in [0.717, 1.165) is 18.4 Å². The molecule has 23 heavy (non-hydrogen) atoms. The van der Waals surface area contributed by atoms with Gasteiger partial charge in [0.15, 0.2) is 11.5 Å². The van der Waals surface area contributed by atoms with Crippen molar-refractivity contribution in [2.24, 2.45) is 5.92 Å². The van der Waals surface area contributed by atoms with E-state index in [1.165, 1.54) is 0 Å². The Morgan fingerprint density at radius 3 is 2.78 bits per heavy atom. The highest BCUT2D eigenvalue weighted by molar-refractivity contribution is 5.92. The van der Waals surface area contributed by atoms with Crippen LogP contribution in [0.2, 0.25) is 0 Å². The molecule has 1 amide bonds. The molecule has 0 aliphatic heterocycles. The molecule has 2 N–H and O–H groups in total. The van der Waals surface area contributed by atoms with E-state index in [-0.39, 0.29) is 24.1 Å². The number of nitrogens with one attached hydrogen (secondary N) is 1. The maximum Gasteiger partial charge on any atom is 0.273 e. The Morgan fingerprint density at radius 1 is 1.43 bits per heavy atom. The number of aliphatic hydroxyl groups excluding tert-OH is 1. The van der Waals surface area contributed by atoms with Gasteiger partial charge in [0.05, 0.1) is 12.3 Å². The van der Waals surface area contributed by atoms with Crippen LogP contribution in [0.4, 0.5) is 0 Å². The number of carbonyl (C=O) groups is 1. The van der Waals surface area contributed by atoms with Crippen LogP contribution in [0.5, 0.6) is 0 Å². The number of hydrogen-bond donors (Lipinski definition) is 2. The number of hydrogen-bond acceptors (Lipinski definition) is 5. The Morgan fingerprint density at radius 2 is 2.17 bits per heavy atom. The van der Waals surface area contributed by atoms with Gasteiger partial charge >= 0.3 is 0 Å². The maximum atomic E-state index is 12.1. The molecule has 0 radical (unpaired) electrons. The van der Waals surface area contributed by atoms with Crippen molar-refractivity contribution in [2.45, 2.75) is 46.3 Å². The summed E-state index contributed by atoms with van der Waals surface area (Å²) < 4.78 is 6.88. The third kappa shape index (κ3) is 4.66. The van der Waals surface area contributed by atoms with Crippen molar-refractivity contribution in [3.63, 3.8) is 0 Å². The molecular weight excluding hydrogens is 296 g/mol. The first kappa shape index (κ1) is 17.2. The van der Waals surface area contributed by atoms with Gasteiger partial charge in [0.1, 0.15) is 6.54 Å². The fraction of sp³-hybridized carbons (Fsp3) is 0.562. The Balaban J connectivity index is 1.88. The minimum absolute atomic E-state index is 0.186. The molecule has 7 heteroatoms. The zero-order valence-electron chi connectivity index (χ0n) is 13.8. The molecule has 0 aliphatic rings. The van der Waals surface area contributed by atoms with Crippen LogP contribution >= 0.6 is 0 Å². The molecular formula is C16H24N4O3. The number of aromatic nitrogens is 3. The number of carbonyl (C=O) groups excluding carboxylic acids is 1. The minimum Gasteiger partial charge on any atom is -0.391 e. The smallest absolute Gasteiger partial charge is 0.273 e. The van der Waals surface area contributed by atoms with Gasteiger partial charge in [-0.2, -0.15) is 5.10 Å². The van der Waals surface area contributed by atoms with Gasteiger partial charge in [-0.15, -0.1) is 0 Å². The highest BCUT2D eigenvalue weighted by atomic mass is 16.5. The summed E-state index contributed by atoms with van der Waals surface area (Å²) in [6, 6.07) is 1.59. The second-order valence-electron chi connectivity index (χ2n) is 5.75. The van der Waals surface area contributed by atoms with E-state index >= 15 is 0 Å². The largest absolute Gasteiger partial charge is 0.391 e. The van der Waals surface area contributed by atoms with Crippen LogP contribution in [0.25, 0.3) is 0 Å². The molecule has 7 nitrogen and oxygen atoms in total. The quantitative estimate of drug-likeness (QED) is 0.773. The van der Waals surface area contributed by atoms with E-state index in [2.05, 4.69) is 15.6 Å². The molecule has 2 heterocycles.